The second-order valence-corrected chi connectivity index (χ2v) is 10.3. The van der Waals surface area contributed by atoms with Gasteiger partial charge in [0.1, 0.15) is 11.6 Å². The summed E-state index contributed by atoms with van der Waals surface area (Å²) in [5.41, 5.74) is 5.08. The minimum absolute atomic E-state index is 0.104. The third-order valence-electron chi connectivity index (χ3n) is 6.40. The highest BCUT2D eigenvalue weighted by Crippen LogP contribution is 2.41. The summed E-state index contributed by atoms with van der Waals surface area (Å²) in [5, 5.41) is 10.9. The number of nitrogens with zero attached hydrogens (tertiary/aromatic N) is 2. The van der Waals surface area contributed by atoms with Crippen molar-refractivity contribution in [1.82, 2.24) is 4.57 Å². The van der Waals surface area contributed by atoms with E-state index in [1.54, 1.807) is 28.8 Å². The minimum Gasteiger partial charge on any atom is -0.506 e. The molecule has 1 aromatic heterocycles. The zero-order valence-corrected chi connectivity index (χ0v) is 20.5. The number of fused-ring (bicyclic) bond motifs is 3. The highest BCUT2D eigenvalue weighted by molar-refractivity contribution is 7.07. The Morgan fingerprint density at radius 2 is 1.86 bits per heavy atom. The fraction of sp³-hybridized carbons (Fsp3) is 0.111. The lowest BCUT2D eigenvalue weighted by atomic mass is 9.83. The van der Waals surface area contributed by atoms with Crippen LogP contribution < -0.4 is 14.9 Å². The molecule has 0 amide bonds. The van der Waals surface area contributed by atoms with Crippen molar-refractivity contribution in [3.05, 3.63) is 124 Å². The summed E-state index contributed by atoms with van der Waals surface area (Å²) in [6, 6.07) is 17.0. The van der Waals surface area contributed by atoms with Gasteiger partial charge in [0.2, 0.25) is 0 Å². The summed E-state index contributed by atoms with van der Waals surface area (Å²) in [4.78, 5) is 19.2. The highest BCUT2D eigenvalue weighted by Gasteiger charge is 2.32. The number of phenols is 1. The third-order valence-corrected chi connectivity index (χ3v) is 7.89. The number of phenolic OH excluding ortho intramolecular Hbond substituents is 1. The zero-order chi connectivity index (χ0) is 24.3. The van der Waals surface area contributed by atoms with E-state index in [-0.39, 0.29) is 22.1 Å². The molecule has 0 fully saturated rings. The van der Waals surface area contributed by atoms with Gasteiger partial charge < -0.3 is 5.11 Å². The van der Waals surface area contributed by atoms with Crippen LogP contribution in [0.1, 0.15) is 34.7 Å². The lowest BCUT2D eigenvalue weighted by Gasteiger charge is -2.30. The molecule has 8 heteroatoms. The molecule has 6 rings (SSSR count). The van der Waals surface area contributed by atoms with Gasteiger partial charge in [0, 0.05) is 16.1 Å². The number of aromatic hydroxyl groups is 1. The molecule has 1 atom stereocenters. The number of thiazole rings is 1. The molecule has 0 saturated carbocycles. The SMILES string of the molecule is O=c1c(=Cc2cc(Cl)cc(Cl)c2O)sc2n1C(c1ccc(F)cc1)C1=C(N=2)c2ccccc2CC1. The van der Waals surface area contributed by atoms with E-state index in [0.29, 0.717) is 19.9 Å². The van der Waals surface area contributed by atoms with Crippen molar-refractivity contribution in [1.29, 1.82) is 0 Å². The Hall–Kier alpha value is -3.19. The van der Waals surface area contributed by atoms with Gasteiger partial charge in [0.05, 0.1) is 21.3 Å². The molecule has 35 heavy (non-hydrogen) atoms. The number of rotatable bonds is 2. The number of aromatic nitrogens is 1. The number of hydrogen-bond acceptors (Lipinski definition) is 4. The van der Waals surface area contributed by atoms with Crippen molar-refractivity contribution >= 4 is 46.3 Å². The van der Waals surface area contributed by atoms with E-state index in [0.717, 1.165) is 35.2 Å². The molecule has 4 nitrogen and oxygen atoms in total. The standard InChI is InChI=1S/C27H17Cl2FN2O2S/c28-17-11-16(25(33)21(29)13-17)12-22-26(34)32-24(15-5-8-18(30)9-6-15)20-10-7-14-3-1-2-4-19(14)23(20)31-27(32)35-22/h1-6,8-9,11-13,24,33H,7,10H2. The van der Waals surface area contributed by atoms with Gasteiger partial charge in [0.15, 0.2) is 4.80 Å². The maximum absolute atomic E-state index is 13.8. The summed E-state index contributed by atoms with van der Waals surface area (Å²) < 4.78 is 15.8. The number of allylic oxidation sites excluding steroid dienone is 1. The smallest absolute Gasteiger partial charge is 0.271 e. The van der Waals surface area contributed by atoms with Crippen LogP contribution in [0.3, 0.4) is 0 Å². The number of halogens is 3. The normalized spacial score (nSPS) is 17.0. The molecule has 2 aliphatic rings. The van der Waals surface area contributed by atoms with Crippen LogP contribution in [-0.4, -0.2) is 9.67 Å². The maximum Gasteiger partial charge on any atom is 0.271 e. The minimum atomic E-state index is -0.408. The molecule has 1 aliphatic carbocycles. The Morgan fingerprint density at radius 3 is 2.66 bits per heavy atom. The molecule has 4 aromatic rings. The van der Waals surface area contributed by atoms with E-state index in [1.165, 1.54) is 35.1 Å². The van der Waals surface area contributed by atoms with E-state index >= 15 is 0 Å². The van der Waals surface area contributed by atoms with Crippen LogP contribution in [0.5, 0.6) is 5.75 Å². The van der Waals surface area contributed by atoms with Gasteiger partial charge in [-0.1, -0.05) is 70.9 Å². The first kappa shape index (κ1) is 22.3. The molecule has 1 aliphatic heterocycles. The van der Waals surface area contributed by atoms with Crippen molar-refractivity contribution in [3.63, 3.8) is 0 Å². The fourth-order valence-electron chi connectivity index (χ4n) is 4.80. The van der Waals surface area contributed by atoms with Crippen LogP contribution >= 0.6 is 34.5 Å². The van der Waals surface area contributed by atoms with E-state index in [1.807, 2.05) is 12.1 Å². The number of hydrogen-bond donors (Lipinski definition) is 1. The highest BCUT2D eigenvalue weighted by atomic mass is 35.5. The first-order chi connectivity index (χ1) is 16.9. The third kappa shape index (κ3) is 3.73. The lowest BCUT2D eigenvalue weighted by molar-refractivity contribution is 0.474. The Bertz CT molecular complexity index is 1720. The maximum atomic E-state index is 13.8. The second-order valence-electron chi connectivity index (χ2n) is 8.49. The number of benzene rings is 3. The first-order valence-electron chi connectivity index (χ1n) is 11.0. The summed E-state index contributed by atoms with van der Waals surface area (Å²) >= 11 is 13.4. The molecule has 0 spiro atoms. The van der Waals surface area contributed by atoms with E-state index in [9.17, 15) is 14.3 Å². The molecule has 2 heterocycles. The molecule has 1 N–H and O–H groups in total. The first-order valence-corrected chi connectivity index (χ1v) is 12.5. The molecular formula is C27H17Cl2FN2O2S. The quantitative estimate of drug-likeness (QED) is 0.379. The van der Waals surface area contributed by atoms with Crippen LogP contribution in [0, 0.1) is 5.82 Å². The van der Waals surface area contributed by atoms with Gasteiger partial charge in [-0.15, -0.1) is 0 Å². The van der Waals surface area contributed by atoms with Crippen molar-refractivity contribution in [2.24, 2.45) is 4.99 Å². The van der Waals surface area contributed by atoms with Gasteiger partial charge in [-0.25, -0.2) is 9.38 Å². The summed E-state index contributed by atoms with van der Waals surface area (Å²) in [6.45, 7) is 0. The summed E-state index contributed by atoms with van der Waals surface area (Å²) in [7, 11) is 0. The number of aryl methyl sites for hydroxylation is 1. The van der Waals surface area contributed by atoms with Crippen LogP contribution in [-0.2, 0) is 6.42 Å². The molecule has 0 radical (unpaired) electrons. The molecule has 0 bridgehead atoms. The van der Waals surface area contributed by atoms with Crippen molar-refractivity contribution in [3.8, 4) is 5.75 Å². The monoisotopic (exact) mass is 522 g/mol. The van der Waals surface area contributed by atoms with Gasteiger partial charge in [0.25, 0.3) is 5.56 Å². The van der Waals surface area contributed by atoms with E-state index < -0.39 is 6.04 Å². The van der Waals surface area contributed by atoms with Crippen LogP contribution in [0.25, 0.3) is 11.8 Å². The fourth-order valence-corrected chi connectivity index (χ4v) is 6.31. The van der Waals surface area contributed by atoms with E-state index in [4.69, 9.17) is 28.2 Å². The average Bonchev–Trinajstić information content (AvgIpc) is 3.16. The van der Waals surface area contributed by atoms with Crippen molar-refractivity contribution < 1.29 is 9.50 Å². The summed E-state index contributed by atoms with van der Waals surface area (Å²) in [6.07, 6.45) is 3.16. The predicted molar refractivity (Wildman–Crippen MR) is 137 cm³/mol. The lowest BCUT2D eigenvalue weighted by Crippen LogP contribution is -2.38. The van der Waals surface area contributed by atoms with Crippen LogP contribution in [0.2, 0.25) is 10.0 Å². The largest absolute Gasteiger partial charge is 0.506 e. The van der Waals surface area contributed by atoms with Crippen molar-refractivity contribution in [2.75, 3.05) is 0 Å². The Morgan fingerprint density at radius 1 is 1.09 bits per heavy atom. The Kier molecular flexibility index (Phi) is 5.40. The van der Waals surface area contributed by atoms with Gasteiger partial charge in [-0.05, 0) is 59.9 Å². The molecular weight excluding hydrogens is 506 g/mol. The zero-order valence-electron chi connectivity index (χ0n) is 18.1. The predicted octanol–water partition coefficient (Wildman–Crippen LogP) is 5.47. The second kappa shape index (κ2) is 8.48. The average molecular weight is 523 g/mol. The molecule has 3 aromatic carbocycles. The van der Waals surface area contributed by atoms with Gasteiger partial charge in [-0.2, -0.15) is 0 Å². The molecule has 0 saturated heterocycles. The molecule has 174 valence electrons. The molecule has 1 unspecified atom stereocenters. The topological polar surface area (TPSA) is 54.6 Å². The van der Waals surface area contributed by atoms with Gasteiger partial charge in [-0.3, -0.25) is 9.36 Å². The Balaban J connectivity index is 1.64. The van der Waals surface area contributed by atoms with E-state index in [2.05, 4.69) is 12.1 Å². The van der Waals surface area contributed by atoms with Crippen molar-refractivity contribution in [2.45, 2.75) is 18.9 Å². The Labute approximate surface area is 213 Å². The van der Waals surface area contributed by atoms with Crippen LogP contribution in [0.15, 0.2) is 76.0 Å². The summed E-state index contributed by atoms with van der Waals surface area (Å²) in [5.74, 6) is -0.483. The van der Waals surface area contributed by atoms with Crippen LogP contribution in [0.4, 0.5) is 4.39 Å². The van der Waals surface area contributed by atoms with Gasteiger partial charge >= 0.3 is 0 Å².